The van der Waals surface area contributed by atoms with E-state index >= 15 is 0 Å². The fourth-order valence-corrected chi connectivity index (χ4v) is 13.0. The van der Waals surface area contributed by atoms with Crippen LogP contribution in [0.25, 0.3) is 22.3 Å². The van der Waals surface area contributed by atoms with Gasteiger partial charge in [-0.3, -0.25) is 28.7 Å². The number of hydrogen-bond donors (Lipinski definition) is 1. The average molecular weight is 1260 g/mol. The Morgan fingerprint density at radius 3 is 2.28 bits per heavy atom. The molecule has 0 spiro atoms. The highest BCUT2D eigenvalue weighted by molar-refractivity contribution is 7.99. The molecule has 2 saturated heterocycles. The topological polar surface area (TPSA) is 238 Å². The highest BCUT2D eigenvalue weighted by Gasteiger charge is 2.50. The number of unbranched alkanes of at least 4 members (excludes halogenated alkanes) is 2. The largest absolute Gasteiger partial charge is 0.659 e. The summed E-state index contributed by atoms with van der Waals surface area (Å²) < 4.78 is 22.7. The Kier molecular flexibility index (Phi) is 22.6. The number of aryl methyl sites for hydroxylation is 3. The van der Waals surface area contributed by atoms with Crippen molar-refractivity contribution < 1.29 is 65.8 Å². The van der Waals surface area contributed by atoms with Gasteiger partial charge >= 0.3 is 18.0 Å². The standard InChI is InChI=1S/C59H82IN11O10S/c1-5-44-45-36-43(80-58(78)68-27-21-42(22-28-68)65-24-12-10-13-25-65)19-20-49(45)62-55-46(44)39-70-50(55)37-48-47(56(70)76)40-79-57(77)59(48,8-4)81-54(75)18-11-9-14-26-69-38-41(63-64-69)16-15-17-53(74)71(60)32-31-66(51(72)6-2)29-30-67(52(73)7-3)33-35-82-34-23-61/h19-20,36-38,42H,5-18,21-35,39-40,61H2,1-4H3/q-1/t59-/m0/s1. The number of benzene rings is 1. The number of halogens is 1. The second-order valence-electron chi connectivity index (χ2n) is 21.7. The molecule has 4 aromatic rings. The number of ether oxygens (including phenoxy) is 3. The van der Waals surface area contributed by atoms with Crippen LogP contribution in [0.3, 0.4) is 0 Å². The van der Waals surface area contributed by atoms with E-state index in [1.54, 1.807) is 57.9 Å². The van der Waals surface area contributed by atoms with Crippen LogP contribution >= 0.6 is 11.8 Å². The zero-order valence-corrected chi connectivity index (χ0v) is 51.3. The van der Waals surface area contributed by atoms with Crippen molar-refractivity contribution in [2.24, 2.45) is 5.73 Å². The van der Waals surface area contributed by atoms with Gasteiger partial charge in [-0.1, -0.05) is 45.7 Å². The van der Waals surface area contributed by atoms with Crippen LogP contribution in [-0.2, 0) is 71.6 Å². The molecule has 8 rings (SSSR count). The number of aromatic nitrogens is 5. The lowest BCUT2D eigenvalue weighted by atomic mass is 9.85. The number of hydrogen-bond acceptors (Lipinski definition) is 16. The predicted molar refractivity (Wildman–Crippen MR) is 307 cm³/mol. The maximum atomic E-state index is 14.4. The molecule has 4 amide bonds. The lowest BCUT2D eigenvalue weighted by Crippen LogP contribution is -3.42. The molecular formula is C59H82IN11O10S-. The molecule has 0 aliphatic carbocycles. The number of rotatable bonds is 28. The summed E-state index contributed by atoms with van der Waals surface area (Å²) in [5.41, 5.74) is 8.49. The number of piperidine rings is 2. The first kappa shape index (κ1) is 62.4. The molecule has 0 unspecified atom stereocenters. The Hall–Kier alpha value is -5.66. The van der Waals surface area contributed by atoms with E-state index in [0.29, 0.717) is 151 Å². The molecule has 23 heteroatoms. The van der Waals surface area contributed by atoms with Gasteiger partial charge in [0.1, 0.15) is 12.4 Å². The Bertz CT molecular complexity index is 2980. The fourth-order valence-electron chi connectivity index (χ4n) is 11.8. The zero-order valence-electron chi connectivity index (χ0n) is 48.3. The van der Waals surface area contributed by atoms with E-state index in [2.05, 4.69) is 15.2 Å². The van der Waals surface area contributed by atoms with Gasteiger partial charge in [-0.25, -0.2) is 14.6 Å². The van der Waals surface area contributed by atoms with Crippen LogP contribution in [0.4, 0.5) is 4.79 Å². The van der Waals surface area contributed by atoms with Crippen LogP contribution in [-0.4, -0.2) is 166 Å². The number of esters is 2. The molecular weight excluding hydrogens is 1180 g/mol. The minimum Gasteiger partial charge on any atom is -0.659 e. The van der Waals surface area contributed by atoms with Gasteiger partial charge in [-0.05, 0) is 107 Å². The number of pyridine rings is 2. The van der Waals surface area contributed by atoms with Crippen LogP contribution in [0.15, 0.2) is 35.3 Å². The molecule has 1 atom stereocenters. The number of carbonyl (C=O) groups excluding carboxylic acids is 6. The first-order valence-corrected chi connectivity index (χ1v) is 31.9. The Balaban J connectivity index is 0.802. The quantitative estimate of drug-likeness (QED) is 0.0327. The van der Waals surface area contributed by atoms with Gasteiger partial charge in [0.05, 0.1) is 34.7 Å². The summed E-state index contributed by atoms with van der Waals surface area (Å²) in [5.74, 6) is 0.728. The van der Waals surface area contributed by atoms with Gasteiger partial charge in [0.15, 0.2) is 5.91 Å². The molecule has 3 aromatic heterocycles. The van der Waals surface area contributed by atoms with Gasteiger partial charge in [-0.2, -0.15) is 11.8 Å². The van der Waals surface area contributed by atoms with Gasteiger partial charge in [0.2, 0.25) is 17.4 Å². The molecule has 1 radical (unpaired) electrons. The maximum Gasteiger partial charge on any atom is 0.415 e. The molecule has 2 N–H and O–H groups in total. The van der Waals surface area contributed by atoms with E-state index in [1.165, 1.54) is 19.3 Å². The number of nitrogens with two attached hydrogens (primary N) is 1. The summed E-state index contributed by atoms with van der Waals surface area (Å²) in [5, 5.41) is 9.41. The third kappa shape index (κ3) is 15.0. The van der Waals surface area contributed by atoms with E-state index in [1.807, 2.05) is 62.0 Å². The third-order valence-corrected chi connectivity index (χ3v) is 18.5. The van der Waals surface area contributed by atoms with E-state index in [9.17, 15) is 33.6 Å². The number of carbonyl (C=O) groups is 6. The van der Waals surface area contributed by atoms with Crippen molar-refractivity contribution in [1.29, 1.82) is 0 Å². The summed E-state index contributed by atoms with van der Waals surface area (Å²) in [7, 11) is 0. The second kappa shape index (κ2) is 29.7. The predicted octanol–water partition coefficient (Wildman–Crippen LogP) is 3.28. The smallest absolute Gasteiger partial charge is 0.415 e. The van der Waals surface area contributed by atoms with Crippen LogP contribution in [0, 0.1) is 0 Å². The van der Waals surface area contributed by atoms with Gasteiger partial charge in [-0.15, -0.1) is 5.10 Å². The number of cyclic esters (lactones) is 1. The highest BCUT2D eigenvalue weighted by atomic mass is 127. The maximum absolute atomic E-state index is 14.4. The van der Waals surface area contributed by atoms with Gasteiger partial charge in [0.25, 0.3) is 5.56 Å². The van der Waals surface area contributed by atoms with Crippen molar-refractivity contribution >= 4 is 58.4 Å². The zero-order chi connectivity index (χ0) is 58.3. The minimum absolute atomic E-state index is 0.0238. The molecule has 82 heavy (non-hydrogen) atoms. The van der Waals surface area contributed by atoms with Crippen molar-refractivity contribution in [2.75, 3.05) is 77.0 Å². The van der Waals surface area contributed by atoms with Crippen LogP contribution in [0.5, 0.6) is 5.75 Å². The van der Waals surface area contributed by atoms with Gasteiger partial charge in [0, 0.05) is 125 Å². The fraction of sp³-hybridized carbons (Fsp3) is 0.627. The van der Waals surface area contributed by atoms with Crippen LogP contribution in [0.1, 0.15) is 146 Å². The van der Waals surface area contributed by atoms with Crippen LogP contribution < -0.4 is 38.9 Å². The number of fused-ring (bicyclic) bond motifs is 5. The summed E-state index contributed by atoms with van der Waals surface area (Å²) in [6.07, 6.45) is 11.9. The Morgan fingerprint density at radius 2 is 1.57 bits per heavy atom. The molecule has 7 heterocycles. The third-order valence-electron chi connectivity index (χ3n) is 16.5. The molecule has 0 bridgehead atoms. The lowest BCUT2D eigenvalue weighted by molar-refractivity contribution is -0.550. The normalized spacial score (nSPS) is 17.0. The summed E-state index contributed by atoms with van der Waals surface area (Å²) in [6, 6.07) is 7.75. The summed E-state index contributed by atoms with van der Waals surface area (Å²) in [6.45, 7) is 14.4. The molecule has 21 nitrogen and oxygen atoms in total. The average Bonchev–Trinajstić information content (AvgIpc) is 3.63. The van der Waals surface area contributed by atoms with Crippen molar-refractivity contribution in [3.63, 3.8) is 0 Å². The molecule has 0 saturated carbocycles. The molecule has 2 fully saturated rings. The Morgan fingerprint density at radius 1 is 0.841 bits per heavy atom. The monoisotopic (exact) mass is 1260 g/mol. The highest BCUT2D eigenvalue weighted by Crippen LogP contribution is 2.43. The first-order chi connectivity index (χ1) is 39.7. The number of nitrogens with zero attached hydrogens (tertiary/aromatic N) is 10. The summed E-state index contributed by atoms with van der Waals surface area (Å²) >= 11 is 3.71. The Labute approximate surface area is 499 Å². The number of likely N-dealkylation sites (tertiary alicyclic amines) is 2. The van der Waals surface area contributed by atoms with E-state index < -0.39 is 17.5 Å². The minimum atomic E-state index is -1.81. The van der Waals surface area contributed by atoms with Crippen LogP contribution in [0.2, 0.25) is 0 Å². The van der Waals surface area contributed by atoms with Crippen molar-refractivity contribution in [3.8, 4) is 17.1 Å². The SMILES string of the molecule is CCC(=O)N(CCSCCN)CCN(CCN([I-])C(=O)CCCc1cn(CCCCCC(=O)O[C@]2(CC)C(=O)OCc3c2cc2n(c3=O)Cc3c-2nc2ccc(OC(=O)N4CCC(N5CCCCC5)CC4)cc2c3CC)nn1)C(=O)CC. The van der Waals surface area contributed by atoms with Crippen molar-refractivity contribution in [2.45, 2.75) is 162 Å². The molecule has 4 aliphatic heterocycles. The van der Waals surface area contributed by atoms with E-state index in [0.717, 1.165) is 59.6 Å². The van der Waals surface area contributed by atoms with E-state index in [4.69, 9.17) is 24.9 Å². The second-order valence-corrected chi connectivity index (χ2v) is 24.1. The van der Waals surface area contributed by atoms with E-state index in [-0.39, 0.29) is 60.9 Å². The number of amides is 4. The van der Waals surface area contributed by atoms with Gasteiger partial charge < -0.3 is 70.1 Å². The summed E-state index contributed by atoms with van der Waals surface area (Å²) in [4.78, 5) is 107. The molecule has 1 aromatic carbocycles. The lowest BCUT2D eigenvalue weighted by Gasteiger charge is -2.39. The van der Waals surface area contributed by atoms with Crippen molar-refractivity contribution in [1.82, 2.24) is 47.3 Å². The molecule has 447 valence electrons. The molecule has 4 aliphatic rings. The first-order valence-electron chi connectivity index (χ1n) is 29.7. The van der Waals surface area contributed by atoms with Crippen molar-refractivity contribution in [3.05, 3.63) is 68.8 Å². The number of thioether (sulfide) groups is 1.